The van der Waals surface area contributed by atoms with Crippen LogP contribution in [0.3, 0.4) is 0 Å². The van der Waals surface area contributed by atoms with Gasteiger partial charge in [-0.05, 0) is 96.6 Å². The summed E-state index contributed by atoms with van der Waals surface area (Å²) in [6, 6.07) is 4.33. The van der Waals surface area contributed by atoms with Crippen LogP contribution in [0.1, 0.15) is 71.1 Å². The Bertz CT molecular complexity index is 1260. The van der Waals surface area contributed by atoms with E-state index in [1.807, 2.05) is 23.6 Å². The number of piperidine rings is 1. The molecule has 0 bridgehead atoms. The van der Waals surface area contributed by atoms with E-state index in [4.69, 9.17) is 0 Å². The highest BCUT2D eigenvalue weighted by molar-refractivity contribution is 6.09. The summed E-state index contributed by atoms with van der Waals surface area (Å²) in [7, 11) is 0. The van der Waals surface area contributed by atoms with Crippen LogP contribution in [0, 0.1) is 25.7 Å². The van der Waals surface area contributed by atoms with Gasteiger partial charge in [0.25, 0.3) is 0 Å². The van der Waals surface area contributed by atoms with Crippen LogP contribution in [0.4, 0.5) is 14.5 Å². The van der Waals surface area contributed by atoms with Crippen LogP contribution in [0.2, 0.25) is 0 Å². The molecule has 2 amide bonds. The number of benzene rings is 1. The lowest BCUT2D eigenvalue weighted by molar-refractivity contribution is -0.139. The third-order valence-electron chi connectivity index (χ3n) is 9.34. The van der Waals surface area contributed by atoms with Crippen molar-refractivity contribution in [1.29, 1.82) is 0 Å². The summed E-state index contributed by atoms with van der Waals surface area (Å²) in [5.41, 5.74) is 3.70. The summed E-state index contributed by atoms with van der Waals surface area (Å²) in [5.74, 6) is -2.26. The minimum absolute atomic E-state index is 0.0383. The maximum atomic E-state index is 15.0. The van der Waals surface area contributed by atoms with Gasteiger partial charge in [-0.1, -0.05) is 18.7 Å². The molecule has 3 aliphatic heterocycles. The van der Waals surface area contributed by atoms with Gasteiger partial charge in [-0.2, -0.15) is 0 Å². The topological polar surface area (TPSA) is 43.9 Å². The molecular formula is C33H45F2N3O2. The van der Waals surface area contributed by atoms with Crippen molar-refractivity contribution >= 4 is 17.5 Å². The van der Waals surface area contributed by atoms with Gasteiger partial charge in [-0.25, -0.2) is 8.78 Å². The monoisotopic (exact) mass is 553 g/mol. The van der Waals surface area contributed by atoms with Crippen LogP contribution in [0.25, 0.3) is 0 Å². The molecule has 3 aliphatic rings. The van der Waals surface area contributed by atoms with Crippen molar-refractivity contribution in [1.82, 2.24) is 9.80 Å². The first-order valence-electron chi connectivity index (χ1n) is 14.5. The number of aryl methyl sites for hydroxylation is 2. The van der Waals surface area contributed by atoms with E-state index in [1.54, 1.807) is 0 Å². The minimum Gasteiger partial charge on any atom is -0.342 e. The quantitative estimate of drug-likeness (QED) is 0.389. The number of nitrogens with zero attached hydrogens (tertiary/aromatic N) is 3. The van der Waals surface area contributed by atoms with E-state index in [-0.39, 0.29) is 29.0 Å². The Morgan fingerprint density at radius 1 is 1.07 bits per heavy atom. The first-order chi connectivity index (χ1) is 18.6. The van der Waals surface area contributed by atoms with Crippen LogP contribution >= 0.6 is 0 Å². The predicted octanol–water partition coefficient (Wildman–Crippen LogP) is 6.55. The number of carbonyl (C=O) groups is 2. The molecule has 2 atom stereocenters. The zero-order chi connectivity index (χ0) is 29.7. The van der Waals surface area contributed by atoms with Crippen LogP contribution in [0.15, 0.2) is 48.1 Å². The van der Waals surface area contributed by atoms with Gasteiger partial charge in [-0.3, -0.25) is 14.5 Å². The standard InChI is InChI=1S/C33H45F2N3O2/c1-10-24(34)17-28(35)23(6)25-18-37(32(7,8)9)19-26(25)30(39)36-13-11-33(12-14-36)27-15-21(4)22(5)16-29(27)38(20(2)3)31(33)40/h10,15-17,20,25-26H,6,11-14,18-19H2,1-5,7-9H3/b24-10+,28-17+/t25-,26+/m0/s1. The normalized spacial score (nSPS) is 23.9. The molecule has 1 aromatic carbocycles. The Morgan fingerprint density at radius 3 is 2.20 bits per heavy atom. The van der Waals surface area contributed by atoms with Gasteiger partial charge >= 0.3 is 0 Å². The van der Waals surface area contributed by atoms with E-state index >= 15 is 4.39 Å². The smallest absolute Gasteiger partial charge is 0.238 e. The highest BCUT2D eigenvalue weighted by atomic mass is 19.1. The van der Waals surface area contributed by atoms with Crippen LogP contribution < -0.4 is 4.90 Å². The first-order valence-corrected chi connectivity index (χ1v) is 14.5. The molecule has 0 N–H and O–H groups in total. The number of allylic oxidation sites excluding steroid dienone is 4. The van der Waals surface area contributed by atoms with Gasteiger partial charge < -0.3 is 9.80 Å². The lowest BCUT2D eigenvalue weighted by Crippen LogP contribution is -2.52. The average molecular weight is 554 g/mol. The van der Waals surface area contributed by atoms with Crippen molar-refractivity contribution in [2.45, 2.75) is 85.2 Å². The van der Waals surface area contributed by atoms with Crippen molar-refractivity contribution in [3.05, 3.63) is 64.8 Å². The molecule has 3 heterocycles. The Hall–Kier alpha value is -2.80. The SMILES string of the molecule is C=C(/C(F)=C\C(F)=C/C)[C@@H]1CN(C(C)(C)C)C[C@H]1C(=O)N1CCC2(CC1)C(=O)N(C(C)C)c1cc(C)c(C)cc12. The summed E-state index contributed by atoms with van der Waals surface area (Å²) in [6.07, 6.45) is 3.15. The molecule has 2 fully saturated rings. The molecule has 7 heteroatoms. The zero-order valence-electron chi connectivity index (χ0n) is 25.4. The molecule has 218 valence electrons. The second kappa shape index (κ2) is 10.9. The van der Waals surface area contributed by atoms with E-state index < -0.39 is 28.9 Å². The Balaban J connectivity index is 1.59. The van der Waals surface area contributed by atoms with Crippen LogP contribution in [-0.4, -0.2) is 59.4 Å². The van der Waals surface area contributed by atoms with E-state index in [2.05, 4.69) is 58.2 Å². The molecule has 0 radical (unpaired) electrons. The van der Waals surface area contributed by atoms with Gasteiger partial charge in [0.1, 0.15) is 11.7 Å². The zero-order valence-corrected chi connectivity index (χ0v) is 25.4. The molecular weight excluding hydrogens is 508 g/mol. The number of carbonyl (C=O) groups excluding carboxylic acids is 2. The van der Waals surface area contributed by atoms with Crippen molar-refractivity contribution < 1.29 is 18.4 Å². The molecule has 40 heavy (non-hydrogen) atoms. The van der Waals surface area contributed by atoms with E-state index in [0.717, 1.165) is 28.5 Å². The number of amides is 2. The number of hydrogen-bond donors (Lipinski definition) is 0. The molecule has 0 saturated carbocycles. The third kappa shape index (κ3) is 5.17. The fourth-order valence-electron chi connectivity index (χ4n) is 6.61. The van der Waals surface area contributed by atoms with Gasteiger partial charge in [0.15, 0.2) is 0 Å². The van der Waals surface area contributed by atoms with Crippen molar-refractivity contribution in [2.24, 2.45) is 11.8 Å². The summed E-state index contributed by atoms with van der Waals surface area (Å²) in [4.78, 5) is 33.9. The number of halogens is 2. The first kappa shape index (κ1) is 30.2. The molecule has 0 aromatic heterocycles. The largest absolute Gasteiger partial charge is 0.342 e. The predicted molar refractivity (Wildman–Crippen MR) is 158 cm³/mol. The number of fused-ring (bicyclic) bond motifs is 2. The lowest BCUT2D eigenvalue weighted by Gasteiger charge is -2.40. The summed E-state index contributed by atoms with van der Waals surface area (Å²) < 4.78 is 28.9. The summed E-state index contributed by atoms with van der Waals surface area (Å²) in [6.45, 7) is 21.8. The third-order valence-corrected chi connectivity index (χ3v) is 9.34. The highest BCUT2D eigenvalue weighted by Gasteiger charge is 2.54. The molecule has 0 aliphatic carbocycles. The second-order valence-electron chi connectivity index (χ2n) is 13.1. The van der Waals surface area contributed by atoms with Gasteiger partial charge in [0.05, 0.1) is 11.3 Å². The van der Waals surface area contributed by atoms with Crippen LogP contribution in [-0.2, 0) is 15.0 Å². The molecule has 4 rings (SSSR count). The Labute approximate surface area is 238 Å². The Kier molecular flexibility index (Phi) is 8.21. The van der Waals surface area contributed by atoms with E-state index in [1.165, 1.54) is 13.0 Å². The lowest BCUT2D eigenvalue weighted by atomic mass is 9.72. The summed E-state index contributed by atoms with van der Waals surface area (Å²) >= 11 is 0. The number of hydrogen-bond acceptors (Lipinski definition) is 3. The van der Waals surface area contributed by atoms with Crippen molar-refractivity contribution in [3.63, 3.8) is 0 Å². The number of rotatable bonds is 5. The minimum atomic E-state index is -0.723. The fraction of sp³-hybridized carbons (Fsp3) is 0.576. The average Bonchev–Trinajstić information content (AvgIpc) is 3.43. The summed E-state index contributed by atoms with van der Waals surface area (Å²) in [5, 5.41) is 0. The van der Waals surface area contributed by atoms with E-state index in [9.17, 15) is 14.0 Å². The number of anilines is 1. The maximum absolute atomic E-state index is 15.0. The molecule has 1 aromatic rings. The van der Waals surface area contributed by atoms with Gasteiger partial charge in [-0.15, -0.1) is 0 Å². The van der Waals surface area contributed by atoms with Gasteiger partial charge in [0, 0.05) is 55.4 Å². The molecule has 2 saturated heterocycles. The Morgan fingerprint density at radius 2 is 1.65 bits per heavy atom. The molecule has 5 nitrogen and oxygen atoms in total. The van der Waals surface area contributed by atoms with E-state index in [0.29, 0.717) is 39.0 Å². The fourth-order valence-corrected chi connectivity index (χ4v) is 6.61. The van der Waals surface area contributed by atoms with Crippen molar-refractivity contribution in [3.8, 4) is 0 Å². The second-order valence-corrected chi connectivity index (χ2v) is 13.1. The van der Waals surface area contributed by atoms with Crippen molar-refractivity contribution in [2.75, 3.05) is 31.1 Å². The highest BCUT2D eigenvalue weighted by Crippen LogP contribution is 2.50. The molecule has 1 spiro atoms. The molecule has 0 unspecified atom stereocenters. The van der Waals surface area contributed by atoms with Crippen LogP contribution in [0.5, 0.6) is 0 Å². The van der Waals surface area contributed by atoms with Gasteiger partial charge in [0.2, 0.25) is 11.8 Å². The number of likely N-dealkylation sites (tertiary alicyclic amines) is 2. The maximum Gasteiger partial charge on any atom is 0.238 e.